The van der Waals surface area contributed by atoms with E-state index in [1.54, 1.807) is 0 Å². The molecule has 0 aliphatic heterocycles. The molecule has 30 heavy (non-hydrogen) atoms. The van der Waals surface area contributed by atoms with E-state index in [1.807, 2.05) is 52.0 Å². The maximum Gasteiger partial charge on any atom is 0.407 e. The summed E-state index contributed by atoms with van der Waals surface area (Å²) in [5.41, 5.74) is 4.57. The zero-order valence-corrected chi connectivity index (χ0v) is 18.7. The van der Waals surface area contributed by atoms with Gasteiger partial charge in [0.15, 0.2) is 0 Å². The molecule has 0 unspecified atom stereocenters. The Morgan fingerprint density at radius 2 is 1.97 bits per heavy atom. The molecule has 162 valence electrons. The van der Waals surface area contributed by atoms with Gasteiger partial charge in [0, 0.05) is 23.9 Å². The third-order valence-electron chi connectivity index (χ3n) is 4.10. The van der Waals surface area contributed by atoms with E-state index in [2.05, 4.69) is 20.8 Å². The van der Waals surface area contributed by atoms with E-state index in [0.717, 1.165) is 29.3 Å². The second-order valence-electron chi connectivity index (χ2n) is 8.10. The van der Waals surface area contributed by atoms with Gasteiger partial charge in [0.05, 0.1) is 11.7 Å². The lowest BCUT2D eigenvalue weighted by atomic mass is 10.1. The van der Waals surface area contributed by atoms with Gasteiger partial charge in [-0.2, -0.15) is 5.10 Å². The van der Waals surface area contributed by atoms with Crippen molar-refractivity contribution in [3.05, 3.63) is 40.5 Å². The van der Waals surface area contributed by atoms with Crippen LogP contribution in [0.1, 0.15) is 57.6 Å². The lowest BCUT2D eigenvalue weighted by Gasteiger charge is -2.19. The van der Waals surface area contributed by atoms with Gasteiger partial charge in [-0.15, -0.1) is 0 Å². The van der Waals surface area contributed by atoms with Gasteiger partial charge in [0.25, 0.3) is 0 Å². The molecule has 7 nitrogen and oxygen atoms in total. The summed E-state index contributed by atoms with van der Waals surface area (Å²) < 4.78 is 5.16. The van der Waals surface area contributed by atoms with Crippen molar-refractivity contribution in [2.24, 2.45) is 5.10 Å². The molecule has 0 saturated carbocycles. The molecule has 1 aromatic heterocycles. The number of hydrazone groups is 1. The average Bonchev–Trinajstić information content (AvgIpc) is 2.63. The van der Waals surface area contributed by atoms with Gasteiger partial charge >= 0.3 is 6.09 Å². The minimum absolute atomic E-state index is 0.174. The van der Waals surface area contributed by atoms with Crippen LogP contribution in [-0.2, 0) is 9.53 Å². The van der Waals surface area contributed by atoms with Crippen LogP contribution in [0, 0.1) is 6.92 Å². The highest BCUT2D eigenvalue weighted by molar-refractivity contribution is 6.32. The van der Waals surface area contributed by atoms with Crippen LogP contribution >= 0.6 is 11.6 Å². The number of rotatable bonds is 8. The van der Waals surface area contributed by atoms with Gasteiger partial charge in [-0.1, -0.05) is 30.2 Å². The summed E-state index contributed by atoms with van der Waals surface area (Å²) in [6.45, 7) is 7.97. The number of alkyl carbamates (subject to hydrolysis) is 1. The molecule has 0 spiro atoms. The Morgan fingerprint density at radius 3 is 2.70 bits per heavy atom. The molecule has 0 fully saturated rings. The standard InChI is InChI=1S/C22H29ClN4O3/c1-15-9-10-16-13-17(20(23)26-18(16)12-15)14-25-27-19(28)8-6-5-7-11-24-21(29)30-22(2,3)4/h9-10,12-14H,5-8,11H2,1-4H3,(H,24,29)(H,27,28)/b25-14+. The number of benzene rings is 1. The highest BCUT2D eigenvalue weighted by Gasteiger charge is 2.15. The van der Waals surface area contributed by atoms with Gasteiger partial charge in [0.1, 0.15) is 10.8 Å². The van der Waals surface area contributed by atoms with Crippen LogP contribution in [0.4, 0.5) is 4.79 Å². The number of carbonyl (C=O) groups excluding carboxylic acids is 2. The number of hydrogen-bond acceptors (Lipinski definition) is 5. The normalized spacial score (nSPS) is 11.6. The lowest BCUT2D eigenvalue weighted by molar-refractivity contribution is -0.121. The Balaban J connectivity index is 1.68. The maximum absolute atomic E-state index is 11.9. The average molecular weight is 433 g/mol. The summed E-state index contributed by atoms with van der Waals surface area (Å²) in [7, 11) is 0. The second kappa shape index (κ2) is 10.9. The fraction of sp³-hybridized carbons (Fsp3) is 0.455. The Kier molecular flexibility index (Phi) is 8.59. The quantitative estimate of drug-likeness (QED) is 0.273. The van der Waals surface area contributed by atoms with Crippen LogP contribution < -0.4 is 10.7 Å². The summed E-state index contributed by atoms with van der Waals surface area (Å²) in [6, 6.07) is 7.83. The number of pyridine rings is 1. The minimum Gasteiger partial charge on any atom is -0.444 e. The highest BCUT2D eigenvalue weighted by atomic mass is 35.5. The van der Waals surface area contributed by atoms with Gasteiger partial charge < -0.3 is 10.1 Å². The molecule has 2 N–H and O–H groups in total. The summed E-state index contributed by atoms with van der Waals surface area (Å²) >= 11 is 6.21. The number of halogens is 1. The van der Waals surface area contributed by atoms with E-state index in [9.17, 15) is 9.59 Å². The molecular weight excluding hydrogens is 404 g/mol. The number of aryl methyl sites for hydroxylation is 1. The van der Waals surface area contributed by atoms with Crippen molar-refractivity contribution in [2.75, 3.05) is 6.54 Å². The lowest BCUT2D eigenvalue weighted by Crippen LogP contribution is -2.33. The molecule has 8 heteroatoms. The zero-order valence-electron chi connectivity index (χ0n) is 17.9. The van der Waals surface area contributed by atoms with Crippen molar-refractivity contribution in [3.63, 3.8) is 0 Å². The van der Waals surface area contributed by atoms with Crippen LogP contribution in [0.15, 0.2) is 29.4 Å². The first-order chi connectivity index (χ1) is 14.1. The number of nitrogens with one attached hydrogen (secondary N) is 2. The van der Waals surface area contributed by atoms with Gasteiger partial charge in [0.2, 0.25) is 5.91 Å². The highest BCUT2D eigenvalue weighted by Crippen LogP contribution is 2.20. The maximum atomic E-state index is 11.9. The van der Waals surface area contributed by atoms with Crippen molar-refractivity contribution >= 4 is 40.7 Å². The van der Waals surface area contributed by atoms with E-state index < -0.39 is 11.7 Å². The first-order valence-electron chi connectivity index (χ1n) is 10.00. The second-order valence-corrected chi connectivity index (χ2v) is 8.46. The van der Waals surface area contributed by atoms with Crippen LogP contribution in [0.5, 0.6) is 0 Å². The minimum atomic E-state index is -0.505. The van der Waals surface area contributed by atoms with Crippen molar-refractivity contribution in [1.82, 2.24) is 15.7 Å². The van der Waals surface area contributed by atoms with E-state index >= 15 is 0 Å². The molecule has 0 aliphatic carbocycles. The van der Waals surface area contributed by atoms with E-state index in [-0.39, 0.29) is 5.91 Å². The van der Waals surface area contributed by atoms with E-state index in [0.29, 0.717) is 30.1 Å². The Morgan fingerprint density at radius 1 is 1.20 bits per heavy atom. The Labute approximate surface area is 182 Å². The van der Waals surface area contributed by atoms with E-state index in [4.69, 9.17) is 16.3 Å². The van der Waals surface area contributed by atoms with Crippen molar-refractivity contribution in [1.29, 1.82) is 0 Å². The van der Waals surface area contributed by atoms with Crippen LogP contribution in [0.25, 0.3) is 10.9 Å². The molecule has 1 heterocycles. The molecule has 0 aliphatic rings. The summed E-state index contributed by atoms with van der Waals surface area (Å²) in [4.78, 5) is 27.8. The third kappa shape index (κ3) is 8.37. The molecule has 2 aromatic rings. The Bertz CT molecular complexity index is 922. The zero-order chi connectivity index (χ0) is 22.1. The van der Waals surface area contributed by atoms with Gasteiger partial charge in [-0.05, 0) is 58.2 Å². The number of hydrogen-bond donors (Lipinski definition) is 2. The number of nitrogens with zero attached hydrogens (tertiary/aromatic N) is 2. The monoisotopic (exact) mass is 432 g/mol. The fourth-order valence-electron chi connectivity index (χ4n) is 2.68. The van der Waals surface area contributed by atoms with Crippen LogP contribution in [-0.4, -0.2) is 35.3 Å². The molecule has 0 radical (unpaired) electrons. The predicted octanol–water partition coefficient (Wildman–Crippen LogP) is 4.73. The van der Waals surface area contributed by atoms with E-state index in [1.165, 1.54) is 6.21 Å². The molecule has 1 aromatic carbocycles. The number of aromatic nitrogens is 1. The summed E-state index contributed by atoms with van der Waals surface area (Å²) in [5, 5.41) is 7.97. The SMILES string of the molecule is Cc1ccc2cc(/C=N/NC(=O)CCCCCNC(=O)OC(C)(C)C)c(Cl)nc2c1. The number of amides is 2. The van der Waals surface area contributed by atoms with Gasteiger partial charge in [-0.3, -0.25) is 4.79 Å². The number of unbranched alkanes of at least 4 members (excludes halogenated alkanes) is 2. The summed E-state index contributed by atoms with van der Waals surface area (Å²) in [6.07, 6.45) is 3.71. The van der Waals surface area contributed by atoms with Gasteiger partial charge in [-0.25, -0.2) is 15.2 Å². The first kappa shape index (κ1) is 23.6. The van der Waals surface area contributed by atoms with Crippen LogP contribution in [0.3, 0.4) is 0 Å². The Hall–Kier alpha value is -2.67. The topological polar surface area (TPSA) is 92.7 Å². The molecule has 2 rings (SSSR count). The van der Waals surface area contributed by atoms with Crippen molar-refractivity contribution in [3.8, 4) is 0 Å². The predicted molar refractivity (Wildman–Crippen MR) is 120 cm³/mol. The van der Waals surface area contributed by atoms with Crippen molar-refractivity contribution in [2.45, 2.75) is 59.0 Å². The molecule has 0 atom stereocenters. The number of carbonyl (C=O) groups is 2. The number of fused-ring (bicyclic) bond motifs is 1. The fourth-order valence-corrected chi connectivity index (χ4v) is 2.88. The summed E-state index contributed by atoms with van der Waals surface area (Å²) in [5.74, 6) is -0.174. The van der Waals surface area contributed by atoms with Crippen LogP contribution in [0.2, 0.25) is 5.15 Å². The number of ether oxygens (including phenoxy) is 1. The third-order valence-corrected chi connectivity index (χ3v) is 4.40. The molecular formula is C22H29ClN4O3. The molecule has 2 amide bonds. The largest absolute Gasteiger partial charge is 0.444 e. The van der Waals surface area contributed by atoms with Crippen molar-refractivity contribution < 1.29 is 14.3 Å². The first-order valence-corrected chi connectivity index (χ1v) is 10.4. The molecule has 0 saturated heterocycles. The molecule has 0 bridgehead atoms. The smallest absolute Gasteiger partial charge is 0.407 e.